The summed E-state index contributed by atoms with van der Waals surface area (Å²) in [4.78, 5) is 42.9. The minimum absolute atomic E-state index is 0.0552. The van der Waals surface area contributed by atoms with E-state index < -0.39 is 27.8 Å². The number of methoxy groups -OCH3 is 1. The van der Waals surface area contributed by atoms with Gasteiger partial charge in [-0.1, -0.05) is 74.0 Å². The molecule has 0 unspecified atom stereocenters. The van der Waals surface area contributed by atoms with Crippen LogP contribution in [0.15, 0.2) is 114 Å². The fourth-order valence-electron chi connectivity index (χ4n) is 6.89. The van der Waals surface area contributed by atoms with E-state index in [1.807, 2.05) is 43.3 Å². The molecule has 1 aliphatic rings. The summed E-state index contributed by atoms with van der Waals surface area (Å²) in [7, 11) is -2.76. The minimum atomic E-state index is -4.31. The number of fused-ring (bicyclic) bond motifs is 2. The second kappa shape index (κ2) is 15.0. The van der Waals surface area contributed by atoms with Gasteiger partial charge < -0.3 is 14.7 Å². The number of sulfonamides is 1. The van der Waals surface area contributed by atoms with Crippen molar-refractivity contribution in [1.82, 2.24) is 19.4 Å². The average molecular weight is 743 g/mol. The number of hydrogen-bond acceptors (Lipinski definition) is 7. The Morgan fingerprint density at radius 3 is 2.31 bits per heavy atom. The molecule has 1 aromatic heterocycles. The first kappa shape index (κ1) is 36.1. The molecular weight excluding hydrogens is 705 g/mol. The second-order valence-electron chi connectivity index (χ2n) is 13.1. The second-order valence-corrected chi connectivity index (χ2v) is 14.8. The Balaban J connectivity index is 1.35. The number of carboxylic acid groups (broad SMARTS) is 1. The van der Waals surface area contributed by atoms with E-state index in [-0.39, 0.29) is 32.8 Å². The number of carbonyl (C=O) groups is 3. The van der Waals surface area contributed by atoms with Gasteiger partial charge in [-0.2, -0.15) is 5.10 Å². The van der Waals surface area contributed by atoms with E-state index in [9.17, 15) is 27.9 Å². The zero-order valence-electron chi connectivity index (χ0n) is 29.8. The predicted molar refractivity (Wildman–Crippen MR) is 205 cm³/mol. The highest BCUT2D eigenvalue weighted by molar-refractivity contribution is 7.90. The lowest BCUT2D eigenvalue weighted by molar-refractivity contribution is 0.0687. The third kappa shape index (κ3) is 7.07. The molecule has 5 aromatic carbocycles. The van der Waals surface area contributed by atoms with Crippen LogP contribution in [0.2, 0.25) is 0 Å². The van der Waals surface area contributed by atoms with Gasteiger partial charge in [0.25, 0.3) is 21.8 Å². The van der Waals surface area contributed by atoms with Crippen LogP contribution in [0.4, 0.5) is 0 Å². The molecule has 2 heterocycles. The first-order chi connectivity index (χ1) is 26.1. The van der Waals surface area contributed by atoms with Gasteiger partial charge in [0.15, 0.2) is 5.69 Å². The van der Waals surface area contributed by atoms with Crippen LogP contribution in [-0.4, -0.2) is 59.6 Å². The molecular formula is C42H38N4O7S. The number of aromatic nitrogens is 2. The van der Waals surface area contributed by atoms with Crippen LogP contribution < -0.4 is 9.46 Å². The number of rotatable bonds is 11. The van der Waals surface area contributed by atoms with E-state index in [4.69, 9.17) is 4.74 Å². The quantitative estimate of drug-likeness (QED) is 0.143. The smallest absolute Gasteiger partial charge is 0.357 e. The number of ether oxygens (including phenoxy) is 1. The largest absolute Gasteiger partial charge is 0.497 e. The van der Waals surface area contributed by atoms with Gasteiger partial charge in [0.05, 0.1) is 23.4 Å². The summed E-state index contributed by atoms with van der Waals surface area (Å²) in [6.45, 7) is 2.72. The van der Waals surface area contributed by atoms with Crippen LogP contribution in [0.25, 0.3) is 27.6 Å². The summed E-state index contributed by atoms with van der Waals surface area (Å²) in [5.41, 5.74) is 3.53. The number of carboxylic acids is 1. The molecule has 1 aliphatic heterocycles. The molecule has 0 saturated heterocycles. The number of hydrogen-bond donors (Lipinski definition) is 2. The van der Waals surface area contributed by atoms with Gasteiger partial charge in [-0.05, 0) is 95.3 Å². The van der Waals surface area contributed by atoms with Crippen LogP contribution in [0.5, 0.6) is 5.75 Å². The van der Waals surface area contributed by atoms with Crippen molar-refractivity contribution in [2.24, 2.45) is 0 Å². The van der Waals surface area contributed by atoms with Gasteiger partial charge in [-0.25, -0.2) is 22.6 Å². The van der Waals surface area contributed by atoms with E-state index >= 15 is 0 Å². The predicted octanol–water partition coefficient (Wildman–Crippen LogP) is 7.06. The van der Waals surface area contributed by atoms with Crippen molar-refractivity contribution >= 4 is 38.6 Å². The highest BCUT2D eigenvalue weighted by Crippen LogP contribution is 2.36. The molecule has 0 bridgehead atoms. The Morgan fingerprint density at radius 1 is 0.870 bits per heavy atom. The molecule has 0 spiro atoms. The van der Waals surface area contributed by atoms with Crippen molar-refractivity contribution < 1.29 is 32.6 Å². The normalized spacial score (nSPS) is 12.7. The molecule has 274 valence electrons. The molecule has 12 heteroatoms. The summed E-state index contributed by atoms with van der Waals surface area (Å²) in [6.07, 6.45) is 2.56. The number of benzene rings is 5. The first-order valence-corrected chi connectivity index (χ1v) is 19.1. The van der Waals surface area contributed by atoms with Crippen molar-refractivity contribution in [2.45, 2.75) is 44.0 Å². The Labute approximate surface area is 312 Å². The van der Waals surface area contributed by atoms with Gasteiger partial charge in [-0.3, -0.25) is 9.59 Å². The SMILES string of the molecule is CCCCc1c(-c2ccc(C(=O)NS(=O)(=O)c3ccc4ccccc4c3)cc2C(=O)N2CCc3ccccc3C2)c(C(=O)O)nn1-c1ccc(OC)cc1. The lowest BCUT2D eigenvalue weighted by atomic mass is 9.92. The lowest BCUT2D eigenvalue weighted by Gasteiger charge is -2.29. The Kier molecular flexibility index (Phi) is 10.0. The van der Waals surface area contributed by atoms with Crippen LogP contribution in [0, 0.1) is 0 Å². The average Bonchev–Trinajstić information content (AvgIpc) is 3.58. The van der Waals surface area contributed by atoms with Crippen LogP contribution in [0.1, 0.15) is 67.8 Å². The number of amides is 2. The molecule has 2 N–H and O–H groups in total. The number of aromatic carboxylic acids is 1. The van der Waals surface area contributed by atoms with E-state index in [1.165, 1.54) is 30.3 Å². The van der Waals surface area contributed by atoms with Crippen molar-refractivity contribution in [2.75, 3.05) is 13.7 Å². The van der Waals surface area contributed by atoms with Gasteiger partial charge in [0, 0.05) is 29.8 Å². The van der Waals surface area contributed by atoms with Crippen LogP contribution in [0.3, 0.4) is 0 Å². The fourth-order valence-corrected chi connectivity index (χ4v) is 7.90. The maximum absolute atomic E-state index is 14.7. The highest BCUT2D eigenvalue weighted by atomic mass is 32.2. The minimum Gasteiger partial charge on any atom is -0.497 e. The van der Waals surface area contributed by atoms with E-state index in [1.54, 1.807) is 59.2 Å². The van der Waals surface area contributed by atoms with Crippen molar-refractivity contribution in [3.05, 3.63) is 143 Å². The summed E-state index contributed by atoms with van der Waals surface area (Å²) in [5, 5.41) is 16.6. The topological polar surface area (TPSA) is 148 Å². The molecule has 7 rings (SSSR count). The van der Waals surface area contributed by atoms with Crippen LogP contribution >= 0.6 is 0 Å². The summed E-state index contributed by atoms with van der Waals surface area (Å²) < 4.78 is 36.0. The summed E-state index contributed by atoms with van der Waals surface area (Å²) in [6, 6.07) is 31.0. The van der Waals surface area contributed by atoms with Crippen LogP contribution in [-0.2, 0) is 29.4 Å². The first-order valence-electron chi connectivity index (χ1n) is 17.6. The molecule has 54 heavy (non-hydrogen) atoms. The Bertz CT molecular complexity index is 2530. The zero-order chi connectivity index (χ0) is 38.0. The highest BCUT2D eigenvalue weighted by Gasteiger charge is 2.31. The monoisotopic (exact) mass is 742 g/mol. The third-order valence-electron chi connectivity index (χ3n) is 9.73. The fraction of sp³-hybridized carbons (Fsp3) is 0.190. The number of carbonyl (C=O) groups excluding carboxylic acids is 2. The summed E-state index contributed by atoms with van der Waals surface area (Å²) >= 11 is 0. The van der Waals surface area contributed by atoms with Crippen molar-refractivity contribution in [1.29, 1.82) is 0 Å². The Hall–Kier alpha value is -6.27. The molecule has 0 fully saturated rings. The molecule has 0 atom stereocenters. The van der Waals surface area contributed by atoms with Gasteiger partial charge in [-0.15, -0.1) is 0 Å². The number of nitrogens with one attached hydrogen (secondary N) is 1. The van der Waals surface area contributed by atoms with Crippen molar-refractivity contribution in [3.63, 3.8) is 0 Å². The van der Waals surface area contributed by atoms with E-state index in [0.717, 1.165) is 22.9 Å². The van der Waals surface area contributed by atoms with E-state index in [0.29, 0.717) is 54.9 Å². The molecule has 0 radical (unpaired) electrons. The van der Waals surface area contributed by atoms with Gasteiger partial charge in [0.1, 0.15) is 5.75 Å². The lowest BCUT2D eigenvalue weighted by Crippen LogP contribution is -2.36. The maximum Gasteiger partial charge on any atom is 0.357 e. The third-order valence-corrected chi connectivity index (χ3v) is 11.1. The maximum atomic E-state index is 14.7. The number of unbranched alkanes of at least 4 members (excludes halogenated alkanes) is 1. The van der Waals surface area contributed by atoms with Gasteiger partial charge >= 0.3 is 5.97 Å². The number of nitrogens with zero attached hydrogens (tertiary/aromatic N) is 3. The van der Waals surface area contributed by atoms with Crippen molar-refractivity contribution in [3.8, 4) is 22.6 Å². The standard InChI is InChI=1S/C42H38N4O7S/c1-3-4-13-37-38(39(42(49)50)43-46(37)32-16-18-33(53-2)19-17-32)35-21-15-30(25-36(35)41(48)45-23-22-28-10-6-8-12-31(28)26-45)40(47)44-54(51,52)34-20-14-27-9-5-7-11-29(27)24-34/h5-12,14-21,24-25H,3-4,13,22-23,26H2,1-2H3,(H,44,47)(H,49,50). The van der Waals surface area contributed by atoms with Gasteiger partial charge in [0.2, 0.25) is 0 Å². The molecule has 2 amide bonds. The summed E-state index contributed by atoms with van der Waals surface area (Å²) in [5.74, 6) is -2.04. The zero-order valence-corrected chi connectivity index (χ0v) is 30.6. The molecule has 11 nitrogen and oxygen atoms in total. The van der Waals surface area contributed by atoms with E-state index in [2.05, 4.69) is 9.82 Å². The Morgan fingerprint density at radius 2 is 1.59 bits per heavy atom. The molecule has 0 saturated carbocycles. The molecule has 0 aliphatic carbocycles. The molecule has 6 aromatic rings.